The molecule has 0 unspecified atom stereocenters. The second-order valence-electron chi connectivity index (χ2n) is 9.63. The molecule has 0 amide bonds. The summed E-state index contributed by atoms with van der Waals surface area (Å²) in [5.41, 5.74) is 2.07. The van der Waals surface area contributed by atoms with Gasteiger partial charge in [-0.3, -0.25) is 19.2 Å². The first kappa shape index (κ1) is 33.5. The maximum absolute atomic E-state index is 15.0. The summed E-state index contributed by atoms with van der Waals surface area (Å²) in [7, 11) is 0. The summed E-state index contributed by atoms with van der Waals surface area (Å²) in [5.74, 6) is -1.56. The maximum Gasteiger partial charge on any atom is 0.260 e. The number of allylic oxidation sites excluding steroid dienone is 3. The van der Waals surface area contributed by atoms with Crippen LogP contribution in [-0.4, -0.2) is 45.5 Å². The van der Waals surface area contributed by atoms with Crippen LogP contribution in [0.25, 0.3) is 0 Å². The lowest BCUT2D eigenvalue weighted by Crippen LogP contribution is -2.49. The minimum atomic E-state index is -0.812. The first-order valence-corrected chi connectivity index (χ1v) is 18.6. The maximum atomic E-state index is 15.0. The fourth-order valence-electron chi connectivity index (χ4n) is 5.77. The molecule has 222 valence electrons. The lowest BCUT2D eigenvalue weighted by Gasteiger charge is -2.48. The minimum absolute atomic E-state index is 0.104. The number of fused-ring (bicyclic) bond motifs is 2. The number of carbonyl (C=O) groups is 4. The molecule has 0 aliphatic heterocycles. The standard InChI is InChI=1S/C32H32Cl2O4S4/c1-5-39-30-24-21(17-9-13-19(33)14-10-17)23(27(35)26(30)29(37)31(38)40-6-2)22(18-11-15-20(34)16-12-18)25(28(24)36)32(41-7-3)42-8-4/h9-16,21-24H,5-8H2,1-4H3/t21-,22+,23-,24+/m1/s1. The monoisotopic (exact) mass is 678 g/mol. The number of rotatable bonds is 11. The molecule has 2 aliphatic rings. The second kappa shape index (κ2) is 15.0. The zero-order chi connectivity index (χ0) is 30.6. The Bertz CT molecular complexity index is 1430. The summed E-state index contributed by atoms with van der Waals surface area (Å²) in [4.78, 5) is 56.8. The lowest BCUT2D eigenvalue weighted by atomic mass is 9.55. The highest BCUT2D eigenvalue weighted by atomic mass is 35.5. The molecule has 4 rings (SSSR count). The number of hydrogen-bond donors (Lipinski definition) is 0. The predicted molar refractivity (Wildman–Crippen MR) is 182 cm³/mol. The number of thioether (sulfide) groups is 4. The van der Waals surface area contributed by atoms with Crippen molar-refractivity contribution in [2.24, 2.45) is 11.8 Å². The van der Waals surface area contributed by atoms with Crippen molar-refractivity contribution in [2.45, 2.75) is 39.5 Å². The van der Waals surface area contributed by atoms with Gasteiger partial charge in [0.1, 0.15) is 0 Å². The van der Waals surface area contributed by atoms with Gasteiger partial charge in [0.05, 0.1) is 11.5 Å². The van der Waals surface area contributed by atoms with Gasteiger partial charge in [-0.05, 0) is 58.4 Å². The summed E-state index contributed by atoms with van der Waals surface area (Å²) in [5, 5.41) is 0.414. The summed E-state index contributed by atoms with van der Waals surface area (Å²) in [6.07, 6.45) is 0. The molecular formula is C32H32Cl2O4S4. The van der Waals surface area contributed by atoms with Crippen molar-refractivity contribution in [1.29, 1.82) is 0 Å². The zero-order valence-electron chi connectivity index (χ0n) is 23.8. The van der Waals surface area contributed by atoms with E-state index in [-0.39, 0.29) is 17.1 Å². The van der Waals surface area contributed by atoms with Gasteiger partial charge in [0.2, 0.25) is 5.78 Å². The quantitative estimate of drug-likeness (QED) is 0.133. The number of ketones is 3. The van der Waals surface area contributed by atoms with Crippen LogP contribution in [0.4, 0.5) is 0 Å². The highest BCUT2D eigenvalue weighted by Crippen LogP contribution is 2.60. The van der Waals surface area contributed by atoms with Crippen LogP contribution in [0.15, 0.2) is 68.8 Å². The van der Waals surface area contributed by atoms with Crippen LogP contribution in [0.2, 0.25) is 10.0 Å². The Hall–Kier alpha value is -1.42. The largest absolute Gasteiger partial charge is 0.294 e. The van der Waals surface area contributed by atoms with Gasteiger partial charge in [-0.2, -0.15) is 0 Å². The van der Waals surface area contributed by atoms with Crippen LogP contribution in [0.1, 0.15) is 50.7 Å². The number of hydrogen-bond acceptors (Lipinski definition) is 8. The molecular weight excluding hydrogens is 648 g/mol. The van der Waals surface area contributed by atoms with E-state index in [0.29, 0.717) is 32.0 Å². The van der Waals surface area contributed by atoms with Crippen molar-refractivity contribution < 1.29 is 19.2 Å². The van der Waals surface area contributed by atoms with E-state index in [1.165, 1.54) is 11.8 Å². The van der Waals surface area contributed by atoms with Gasteiger partial charge in [0.25, 0.3) is 5.12 Å². The highest BCUT2D eigenvalue weighted by Gasteiger charge is 2.58. The van der Waals surface area contributed by atoms with Gasteiger partial charge >= 0.3 is 0 Å². The Morgan fingerprint density at radius 1 is 0.667 bits per heavy atom. The van der Waals surface area contributed by atoms with Crippen molar-refractivity contribution in [3.05, 3.63) is 90.0 Å². The number of benzene rings is 2. The molecule has 2 aromatic rings. The molecule has 1 fully saturated rings. The molecule has 0 aromatic heterocycles. The van der Waals surface area contributed by atoms with E-state index in [1.807, 2.05) is 45.0 Å². The fourth-order valence-corrected chi connectivity index (χ4v) is 9.93. The van der Waals surface area contributed by atoms with Crippen LogP contribution in [0, 0.1) is 11.8 Å². The van der Waals surface area contributed by atoms with Crippen LogP contribution >= 0.6 is 70.2 Å². The summed E-state index contributed by atoms with van der Waals surface area (Å²) in [6.45, 7) is 7.79. The minimum Gasteiger partial charge on any atom is -0.294 e. The highest BCUT2D eigenvalue weighted by molar-refractivity contribution is 8.22. The van der Waals surface area contributed by atoms with E-state index in [4.69, 9.17) is 23.2 Å². The average molecular weight is 680 g/mol. The molecule has 2 bridgehead atoms. The smallest absolute Gasteiger partial charge is 0.260 e. The van der Waals surface area contributed by atoms with Crippen molar-refractivity contribution in [2.75, 3.05) is 23.0 Å². The van der Waals surface area contributed by atoms with Gasteiger partial charge in [-0.25, -0.2) is 0 Å². The zero-order valence-corrected chi connectivity index (χ0v) is 28.6. The molecule has 4 nitrogen and oxygen atoms in total. The van der Waals surface area contributed by atoms with Gasteiger partial charge in [-0.1, -0.05) is 86.9 Å². The third-order valence-corrected chi connectivity index (χ3v) is 11.8. The third-order valence-electron chi connectivity index (χ3n) is 7.28. The Morgan fingerprint density at radius 2 is 1.19 bits per heavy atom. The molecule has 1 saturated carbocycles. The van der Waals surface area contributed by atoms with Crippen molar-refractivity contribution in [1.82, 2.24) is 0 Å². The predicted octanol–water partition coefficient (Wildman–Crippen LogP) is 8.83. The Morgan fingerprint density at radius 3 is 1.69 bits per heavy atom. The van der Waals surface area contributed by atoms with E-state index in [2.05, 4.69) is 0 Å². The SMILES string of the molecule is CCSC(=O)C(=O)C1=C(SCC)[C@@H]2C(=O)C(=C(SCC)SCC)[C@@H](c3ccc(Cl)cc3)[C@H](C1=O)[C@H]2c1ccc(Cl)cc1. The van der Waals surface area contributed by atoms with Gasteiger partial charge in [0.15, 0.2) is 11.6 Å². The number of halogens is 2. The molecule has 0 spiro atoms. The van der Waals surface area contributed by atoms with E-state index in [1.54, 1.807) is 54.7 Å². The molecule has 2 aliphatic carbocycles. The van der Waals surface area contributed by atoms with E-state index >= 15 is 0 Å². The number of Topliss-reactive ketones (excluding diaryl/α,β-unsaturated/α-hetero) is 3. The van der Waals surface area contributed by atoms with Gasteiger partial charge in [-0.15, -0.1) is 35.3 Å². The molecule has 10 heteroatoms. The van der Waals surface area contributed by atoms with Gasteiger partial charge < -0.3 is 0 Å². The van der Waals surface area contributed by atoms with Crippen LogP contribution in [0.3, 0.4) is 0 Å². The second-order valence-corrected chi connectivity index (χ2v) is 15.9. The Balaban J connectivity index is 2.11. The molecule has 0 heterocycles. The van der Waals surface area contributed by atoms with Crippen molar-refractivity contribution in [3.8, 4) is 0 Å². The molecule has 0 radical (unpaired) electrons. The first-order chi connectivity index (χ1) is 20.2. The third kappa shape index (κ3) is 6.64. The van der Waals surface area contributed by atoms with Crippen LogP contribution < -0.4 is 0 Å². The topological polar surface area (TPSA) is 68.3 Å². The Labute approximate surface area is 274 Å². The summed E-state index contributed by atoms with van der Waals surface area (Å²) >= 11 is 17.9. The van der Waals surface area contributed by atoms with Crippen molar-refractivity contribution >= 4 is 92.7 Å². The molecule has 2 aromatic carbocycles. The molecule has 0 saturated heterocycles. The van der Waals surface area contributed by atoms with E-state index in [0.717, 1.165) is 38.6 Å². The molecule has 4 atom stereocenters. The normalized spacial score (nSPS) is 22.0. The van der Waals surface area contributed by atoms with Crippen LogP contribution in [-0.2, 0) is 19.2 Å². The summed E-state index contributed by atoms with van der Waals surface area (Å²) in [6, 6.07) is 14.5. The number of carbonyl (C=O) groups excluding carboxylic acids is 4. The fraction of sp³-hybridized carbons (Fsp3) is 0.375. The molecule has 0 N–H and O–H groups in total. The molecule has 42 heavy (non-hydrogen) atoms. The van der Waals surface area contributed by atoms with Crippen molar-refractivity contribution in [3.63, 3.8) is 0 Å². The van der Waals surface area contributed by atoms with Crippen LogP contribution in [0.5, 0.6) is 0 Å². The Kier molecular flexibility index (Phi) is 12.0. The van der Waals surface area contributed by atoms with E-state index < -0.39 is 34.6 Å². The average Bonchev–Trinajstić information content (AvgIpc) is 2.97. The van der Waals surface area contributed by atoms with E-state index in [9.17, 15) is 19.2 Å². The van der Waals surface area contributed by atoms with Gasteiger partial charge in [0, 0.05) is 42.5 Å². The lowest BCUT2D eigenvalue weighted by molar-refractivity contribution is -0.133. The first-order valence-electron chi connectivity index (χ1n) is 13.9. The summed E-state index contributed by atoms with van der Waals surface area (Å²) < 4.78 is 0.899.